The molecule has 0 spiro atoms. The quantitative estimate of drug-likeness (QED) is 0.331. The molecule has 1 aliphatic rings. The normalized spacial score (nSPS) is 21.1. The molecule has 1 aliphatic carbocycles. The van der Waals surface area contributed by atoms with Gasteiger partial charge in [-0.1, -0.05) is 35.5 Å². The first-order valence-corrected chi connectivity index (χ1v) is 8.63. The van der Waals surface area contributed by atoms with Gasteiger partial charge in [0.15, 0.2) is 11.6 Å². The van der Waals surface area contributed by atoms with Crippen LogP contribution in [-0.2, 0) is 0 Å². The minimum Gasteiger partial charge on any atom is -0.409 e. The molecule has 1 saturated carbocycles. The second-order valence-electron chi connectivity index (χ2n) is 6.63. The molecule has 2 aromatic carbocycles. The van der Waals surface area contributed by atoms with E-state index in [0.29, 0.717) is 29.8 Å². The van der Waals surface area contributed by atoms with E-state index in [2.05, 4.69) is 34.7 Å². The number of hydrogen-bond donors (Lipinski definition) is 2. The van der Waals surface area contributed by atoms with E-state index in [9.17, 15) is 14.0 Å². The lowest BCUT2D eigenvalue weighted by molar-refractivity contribution is 0.306. The average Bonchev–Trinajstić information content (AvgIpc) is 2.65. The third-order valence-electron chi connectivity index (χ3n) is 4.93. The highest BCUT2D eigenvalue weighted by Crippen LogP contribution is 2.37. The zero-order valence-electron chi connectivity index (χ0n) is 14.0. The Morgan fingerprint density at radius 3 is 2.36 bits per heavy atom. The minimum absolute atomic E-state index is 0.379. The van der Waals surface area contributed by atoms with Crippen molar-refractivity contribution in [2.45, 2.75) is 38.0 Å². The lowest BCUT2D eigenvalue weighted by Gasteiger charge is -2.29. The summed E-state index contributed by atoms with van der Waals surface area (Å²) in [7, 11) is 0. The van der Waals surface area contributed by atoms with E-state index in [0.717, 1.165) is 37.8 Å². The molecule has 3 rings (SSSR count). The summed E-state index contributed by atoms with van der Waals surface area (Å²) in [5.41, 5.74) is 1.77. The molecule has 5 heteroatoms. The summed E-state index contributed by atoms with van der Waals surface area (Å²) >= 11 is 0. The van der Waals surface area contributed by atoms with E-state index in [1.54, 1.807) is 0 Å². The van der Waals surface area contributed by atoms with Crippen molar-refractivity contribution in [2.24, 2.45) is 11.1 Å². The molecule has 0 bridgehead atoms. The van der Waals surface area contributed by atoms with E-state index in [1.807, 2.05) is 6.07 Å². The number of nitrogens with one attached hydrogen (secondary N) is 1. The van der Waals surface area contributed by atoms with Crippen molar-refractivity contribution in [2.75, 3.05) is 5.32 Å². The molecule has 1 fully saturated rings. The predicted molar refractivity (Wildman–Crippen MR) is 95.0 cm³/mol. The van der Waals surface area contributed by atoms with Crippen LogP contribution in [0.25, 0.3) is 0 Å². The first-order valence-electron chi connectivity index (χ1n) is 8.63. The molecule has 0 aliphatic heterocycles. The van der Waals surface area contributed by atoms with Crippen molar-refractivity contribution in [3.8, 4) is 0 Å². The van der Waals surface area contributed by atoms with Crippen LogP contribution in [0, 0.1) is 17.6 Å². The molecule has 0 unspecified atom stereocenters. The Morgan fingerprint density at radius 1 is 1.00 bits per heavy atom. The van der Waals surface area contributed by atoms with E-state index in [4.69, 9.17) is 0 Å². The lowest BCUT2D eigenvalue weighted by atomic mass is 9.77. The third-order valence-corrected chi connectivity index (χ3v) is 4.93. The second-order valence-corrected chi connectivity index (χ2v) is 6.63. The van der Waals surface area contributed by atoms with Gasteiger partial charge in [0.05, 0.1) is 0 Å². The van der Waals surface area contributed by atoms with Crippen LogP contribution in [0.5, 0.6) is 0 Å². The molecule has 0 aromatic heterocycles. The van der Waals surface area contributed by atoms with Gasteiger partial charge < -0.3 is 10.5 Å². The average molecular weight is 344 g/mol. The Kier molecular flexibility index (Phi) is 5.64. The van der Waals surface area contributed by atoms with Crippen LogP contribution in [0.2, 0.25) is 0 Å². The van der Waals surface area contributed by atoms with Crippen molar-refractivity contribution in [3.63, 3.8) is 0 Å². The molecule has 0 atom stereocenters. The first-order chi connectivity index (χ1) is 12.2. The monoisotopic (exact) mass is 344 g/mol. The van der Waals surface area contributed by atoms with Crippen molar-refractivity contribution >= 4 is 11.5 Å². The largest absolute Gasteiger partial charge is 0.409 e. The van der Waals surface area contributed by atoms with Crippen molar-refractivity contribution in [1.29, 1.82) is 0 Å². The van der Waals surface area contributed by atoms with Crippen LogP contribution < -0.4 is 5.32 Å². The second kappa shape index (κ2) is 8.10. The third kappa shape index (κ3) is 4.56. The van der Waals surface area contributed by atoms with E-state index in [-0.39, 0.29) is 0 Å². The number of hydrogen-bond acceptors (Lipinski definition) is 2. The van der Waals surface area contributed by atoms with Crippen LogP contribution in [0.3, 0.4) is 0 Å². The molecule has 0 saturated heterocycles. The van der Waals surface area contributed by atoms with Crippen LogP contribution in [0.1, 0.15) is 43.6 Å². The molecule has 3 nitrogen and oxygen atoms in total. The maximum absolute atomic E-state index is 13.3. The number of anilines is 1. The number of rotatable bonds is 4. The van der Waals surface area contributed by atoms with Gasteiger partial charge in [-0.15, -0.1) is 0 Å². The van der Waals surface area contributed by atoms with Gasteiger partial charge >= 0.3 is 0 Å². The Hall–Kier alpha value is -2.43. The molecular formula is C20H22F2N2O. The van der Waals surface area contributed by atoms with Crippen molar-refractivity contribution < 1.29 is 14.0 Å². The lowest BCUT2D eigenvalue weighted by Crippen LogP contribution is -2.21. The van der Waals surface area contributed by atoms with Gasteiger partial charge in [0.2, 0.25) is 0 Å². The highest BCUT2D eigenvalue weighted by Gasteiger charge is 2.23. The Morgan fingerprint density at radius 2 is 1.72 bits per heavy atom. The van der Waals surface area contributed by atoms with E-state index >= 15 is 0 Å². The number of benzene rings is 2. The molecule has 0 radical (unpaired) electrons. The molecule has 2 N–H and O–H groups in total. The summed E-state index contributed by atoms with van der Waals surface area (Å²) in [6.07, 6.45) is 4.92. The molecule has 2 aromatic rings. The van der Waals surface area contributed by atoms with Gasteiger partial charge in [0.25, 0.3) is 0 Å². The fourth-order valence-corrected chi connectivity index (χ4v) is 3.56. The van der Waals surface area contributed by atoms with Crippen LogP contribution in [-0.4, -0.2) is 11.0 Å². The number of oxime groups is 1. The predicted octanol–water partition coefficient (Wildman–Crippen LogP) is 5.53. The summed E-state index contributed by atoms with van der Waals surface area (Å²) in [5, 5.41) is 15.4. The number of amidine groups is 1. The maximum Gasteiger partial charge on any atom is 0.160 e. The Bertz CT molecular complexity index is 726. The number of halogens is 2. The minimum atomic E-state index is -0.925. The van der Waals surface area contributed by atoms with Gasteiger partial charge in [0.1, 0.15) is 5.84 Å². The van der Waals surface area contributed by atoms with Crippen LogP contribution in [0.15, 0.2) is 53.7 Å². The van der Waals surface area contributed by atoms with Gasteiger partial charge in [-0.05, 0) is 55.2 Å². The zero-order chi connectivity index (χ0) is 17.6. The maximum atomic E-state index is 13.3. The first kappa shape index (κ1) is 17.4. The fraction of sp³-hybridized carbons (Fsp3) is 0.350. The standard InChI is InChI=1S/C20H22F2N2O/c21-18-11-10-17(13-19(18)22)23-20(24-25)12-14-6-8-16(9-7-14)15-4-2-1-3-5-15/h1-5,10-11,13-14,16,25H,6-9,12H2,(H,23,24). The van der Waals surface area contributed by atoms with Crippen LogP contribution in [0.4, 0.5) is 14.5 Å². The number of nitrogens with zero attached hydrogens (tertiary/aromatic N) is 1. The summed E-state index contributed by atoms with van der Waals surface area (Å²) in [6.45, 7) is 0. The summed E-state index contributed by atoms with van der Waals surface area (Å²) in [6, 6.07) is 14.1. The van der Waals surface area contributed by atoms with E-state index < -0.39 is 11.6 Å². The van der Waals surface area contributed by atoms with E-state index in [1.165, 1.54) is 11.6 Å². The molecular weight excluding hydrogens is 322 g/mol. The molecule has 0 amide bonds. The fourth-order valence-electron chi connectivity index (χ4n) is 3.56. The van der Waals surface area contributed by atoms with Gasteiger partial charge in [-0.2, -0.15) is 0 Å². The topological polar surface area (TPSA) is 44.6 Å². The summed E-state index contributed by atoms with van der Waals surface area (Å²) in [4.78, 5) is 0. The van der Waals surface area contributed by atoms with Gasteiger partial charge in [-0.25, -0.2) is 8.78 Å². The van der Waals surface area contributed by atoms with Crippen molar-refractivity contribution in [1.82, 2.24) is 0 Å². The van der Waals surface area contributed by atoms with Gasteiger partial charge in [0, 0.05) is 18.2 Å². The van der Waals surface area contributed by atoms with Crippen LogP contribution >= 0.6 is 0 Å². The zero-order valence-corrected chi connectivity index (χ0v) is 14.0. The highest BCUT2D eigenvalue weighted by molar-refractivity contribution is 5.95. The Balaban J connectivity index is 1.54. The highest BCUT2D eigenvalue weighted by atomic mass is 19.2. The Labute approximate surface area is 146 Å². The van der Waals surface area contributed by atoms with Gasteiger partial charge in [-0.3, -0.25) is 0 Å². The molecule has 25 heavy (non-hydrogen) atoms. The molecule has 0 heterocycles. The molecule has 132 valence electrons. The smallest absolute Gasteiger partial charge is 0.160 e. The summed E-state index contributed by atoms with van der Waals surface area (Å²) < 4.78 is 26.3. The van der Waals surface area contributed by atoms with Crippen molar-refractivity contribution in [3.05, 3.63) is 65.7 Å². The SMILES string of the molecule is O/N=C(\CC1CCC(c2ccccc2)CC1)Nc1ccc(F)c(F)c1. The summed E-state index contributed by atoms with van der Waals surface area (Å²) in [5.74, 6) is -0.429.